The van der Waals surface area contributed by atoms with Crippen LogP contribution in [-0.2, 0) is 0 Å². The molecule has 1 aromatic carbocycles. The van der Waals surface area contributed by atoms with Crippen LogP contribution in [0.3, 0.4) is 0 Å². The minimum absolute atomic E-state index is 0.226. The summed E-state index contributed by atoms with van der Waals surface area (Å²) in [7, 11) is 0. The highest BCUT2D eigenvalue weighted by atomic mass is 16.3. The van der Waals surface area contributed by atoms with Gasteiger partial charge >= 0.3 is 0 Å². The summed E-state index contributed by atoms with van der Waals surface area (Å²) in [4.78, 5) is 0. The SMILES string of the molecule is CCCNc1cc(O)ccc1C=N. The van der Waals surface area contributed by atoms with Crippen molar-refractivity contribution >= 4 is 11.9 Å². The average Bonchev–Trinajstić information content (AvgIpc) is 2.15. The van der Waals surface area contributed by atoms with E-state index in [0.717, 1.165) is 24.2 Å². The van der Waals surface area contributed by atoms with Crippen LogP contribution in [0.25, 0.3) is 0 Å². The van der Waals surface area contributed by atoms with Crippen LogP contribution in [0, 0.1) is 5.41 Å². The first-order chi connectivity index (χ1) is 6.27. The summed E-state index contributed by atoms with van der Waals surface area (Å²) in [6.45, 7) is 2.92. The summed E-state index contributed by atoms with van der Waals surface area (Å²) in [6.07, 6.45) is 2.30. The number of aromatic hydroxyl groups is 1. The Bertz CT molecular complexity index is 297. The lowest BCUT2D eigenvalue weighted by Crippen LogP contribution is -2.02. The van der Waals surface area contributed by atoms with Gasteiger partial charge in [0.05, 0.1) is 0 Å². The summed E-state index contributed by atoms with van der Waals surface area (Å²) in [5, 5.41) is 19.5. The van der Waals surface area contributed by atoms with Crippen LogP contribution in [-0.4, -0.2) is 17.9 Å². The van der Waals surface area contributed by atoms with Crippen molar-refractivity contribution in [1.82, 2.24) is 0 Å². The minimum atomic E-state index is 0.226. The van der Waals surface area contributed by atoms with Gasteiger partial charge in [-0.25, -0.2) is 0 Å². The smallest absolute Gasteiger partial charge is 0.117 e. The zero-order valence-corrected chi connectivity index (χ0v) is 7.67. The van der Waals surface area contributed by atoms with E-state index in [0.29, 0.717) is 0 Å². The van der Waals surface area contributed by atoms with Gasteiger partial charge in [-0.1, -0.05) is 6.92 Å². The molecular formula is C10H14N2O. The highest BCUT2D eigenvalue weighted by Gasteiger charge is 1.99. The summed E-state index contributed by atoms with van der Waals surface area (Å²) in [5.41, 5.74) is 1.61. The molecule has 1 rings (SSSR count). The van der Waals surface area contributed by atoms with Crippen molar-refractivity contribution in [2.24, 2.45) is 0 Å². The van der Waals surface area contributed by atoms with Gasteiger partial charge in [-0.2, -0.15) is 0 Å². The van der Waals surface area contributed by atoms with Crippen LogP contribution in [0.5, 0.6) is 5.75 Å². The molecule has 0 aliphatic heterocycles. The minimum Gasteiger partial charge on any atom is -0.508 e. The Kier molecular flexibility index (Phi) is 3.31. The van der Waals surface area contributed by atoms with E-state index in [1.54, 1.807) is 18.2 Å². The highest BCUT2D eigenvalue weighted by Crippen LogP contribution is 2.19. The van der Waals surface area contributed by atoms with Crippen molar-refractivity contribution in [3.05, 3.63) is 23.8 Å². The molecule has 3 heteroatoms. The number of nitrogens with one attached hydrogen (secondary N) is 2. The van der Waals surface area contributed by atoms with Crippen molar-refractivity contribution < 1.29 is 5.11 Å². The number of phenols is 1. The molecule has 0 atom stereocenters. The van der Waals surface area contributed by atoms with Gasteiger partial charge in [-0.05, 0) is 18.6 Å². The Morgan fingerprint density at radius 1 is 1.54 bits per heavy atom. The van der Waals surface area contributed by atoms with Crippen LogP contribution in [0.4, 0.5) is 5.69 Å². The van der Waals surface area contributed by atoms with Gasteiger partial charge in [0.2, 0.25) is 0 Å². The zero-order valence-electron chi connectivity index (χ0n) is 7.67. The van der Waals surface area contributed by atoms with Crippen LogP contribution in [0.1, 0.15) is 18.9 Å². The molecule has 0 fully saturated rings. The maximum absolute atomic E-state index is 9.22. The molecule has 0 unspecified atom stereocenters. The van der Waals surface area contributed by atoms with E-state index in [9.17, 15) is 5.11 Å². The molecule has 70 valence electrons. The summed E-state index contributed by atoms with van der Waals surface area (Å²) in [6, 6.07) is 4.94. The molecule has 3 nitrogen and oxygen atoms in total. The topological polar surface area (TPSA) is 56.1 Å². The fourth-order valence-electron chi connectivity index (χ4n) is 1.08. The summed E-state index contributed by atoms with van der Waals surface area (Å²) >= 11 is 0. The molecule has 0 saturated heterocycles. The fraction of sp³-hybridized carbons (Fsp3) is 0.300. The predicted molar refractivity (Wildman–Crippen MR) is 54.8 cm³/mol. The molecule has 13 heavy (non-hydrogen) atoms. The monoisotopic (exact) mass is 178 g/mol. The van der Waals surface area contributed by atoms with Gasteiger partial charge in [0.25, 0.3) is 0 Å². The van der Waals surface area contributed by atoms with Gasteiger partial charge in [0.15, 0.2) is 0 Å². The van der Waals surface area contributed by atoms with Gasteiger partial charge < -0.3 is 15.8 Å². The van der Waals surface area contributed by atoms with Crippen LogP contribution >= 0.6 is 0 Å². The van der Waals surface area contributed by atoms with Crippen LogP contribution < -0.4 is 5.32 Å². The second kappa shape index (κ2) is 4.50. The third-order valence-electron chi connectivity index (χ3n) is 1.76. The summed E-state index contributed by atoms with van der Waals surface area (Å²) in [5.74, 6) is 0.226. The second-order valence-electron chi connectivity index (χ2n) is 2.84. The molecule has 0 radical (unpaired) electrons. The maximum Gasteiger partial charge on any atom is 0.117 e. The first-order valence-electron chi connectivity index (χ1n) is 4.35. The van der Waals surface area contributed by atoms with Crippen LogP contribution in [0.2, 0.25) is 0 Å². The zero-order chi connectivity index (χ0) is 9.68. The number of anilines is 1. The standard InChI is InChI=1S/C10H14N2O/c1-2-5-12-10-6-9(13)4-3-8(10)7-11/h3-4,6-7,11-13H,2,5H2,1H3. The lowest BCUT2D eigenvalue weighted by molar-refractivity contribution is 0.475. The van der Waals surface area contributed by atoms with Crippen molar-refractivity contribution in [3.8, 4) is 5.75 Å². The second-order valence-corrected chi connectivity index (χ2v) is 2.84. The van der Waals surface area contributed by atoms with E-state index in [1.807, 2.05) is 0 Å². The first kappa shape index (κ1) is 9.58. The van der Waals surface area contributed by atoms with Gasteiger partial charge in [-0.3, -0.25) is 0 Å². The van der Waals surface area contributed by atoms with Crippen molar-refractivity contribution in [3.63, 3.8) is 0 Å². The maximum atomic E-state index is 9.22. The van der Waals surface area contributed by atoms with E-state index in [1.165, 1.54) is 6.21 Å². The lowest BCUT2D eigenvalue weighted by Gasteiger charge is -2.08. The molecule has 0 aromatic heterocycles. The molecular weight excluding hydrogens is 164 g/mol. The average molecular weight is 178 g/mol. The Morgan fingerprint density at radius 2 is 2.31 bits per heavy atom. The van der Waals surface area contributed by atoms with E-state index < -0.39 is 0 Å². The van der Waals surface area contributed by atoms with E-state index in [4.69, 9.17) is 5.41 Å². The molecule has 0 bridgehead atoms. The number of rotatable bonds is 4. The molecule has 3 N–H and O–H groups in total. The predicted octanol–water partition coefficient (Wildman–Crippen LogP) is 2.21. The fourth-order valence-corrected chi connectivity index (χ4v) is 1.08. The van der Waals surface area contributed by atoms with E-state index in [2.05, 4.69) is 12.2 Å². The van der Waals surface area contributed by atoms with Gasteiger partial charge in [0.1, 0.15) is 5.75 Å². The number of phenolic OH excluding ortho intramolecular Hbond substituents is 1. The van der Waals surface area contributed by atoms with Crippen molar-refractivity contribution in [2.45, 2.75) is 13.3 Å². The number of benzene rings is 1. The molecule has 0 amide bonds. The lowest BCUT2D eigenvalue weighted by atomic mass is 10.2. The Labute approximate surface area is 77.9 Å². The molecule has 0 spiro atoms. The Morgan fingerprint density at radius 3 is 2.92 bits per heavy atom. The highest BCUT2D eigenvalue weighted by molar-refractivity contribution is 5.86. The Hall–Kier alpha value is -1.51. The van der Waals surface area contributed by atoms with Gasteiger partial charge in [-0.15, -0.1) is 0 Å². The van der Waals surface area contributed by atoms with Crippen molar-refractivity contribution in [1.29, 1.82) is 5.41 Å². The quantitative estimate of drug-likeness (QED) is 0.619. The third-order valence-corrected chi connectivity index (χ3v) is 1.76. The molecule has 1 aromatic rings. The molecule has 0 aliphatic rings. The molecule has 0 heterocycles. The van der Waals surface area contributed by atoms with Crippen LogP contribution in [0.15, 0.2) is 18.2 Å². The normalized spacial score (nSPS) is 9.62. The number of hydrogen-bond donors (Lipinski definition) is 3. The van der Waals surface area contributed by atoms with Crippen molar-refractivity contribution in [2.75, 3.05) is 11.9 Å². The largest absolute Gasteiger partial charge is 0.508 e. The first-order valence-corrected chi connectivity index (χ1v) is 4.35. The molecule has 0 saturated carbocycles. The Balaban J connectivity index is 2.87. The number of hydrogen-bond acceptors (Lipinski definition) is 3. The third kappa shape index (κ3) is 2.47. The van der Waals surface area contributed by atoms with E-state index >= 15 is 0 Å². The van der Waals surface area contributed by atoms with E-state index in [-0.39, 0.29) is 5.75 Å². The van der Waals surface area contributed by atoms with Gasteiger partial charge in [0, 0.05) is 30.1 Å². The molecule has 0 aliphatic carbocycles. The summed E-state index contributed by atoms with van der Waals surface area (Å²) < 4.78 is 0.